The fourth-order valence-electron chi connectivity index (χ4n) is 3.55. The minimum Gasteiger partial charge on any atom is -0.504 e. The van der Waals surface area contributed by atoms with Crippen molar-refractivity contribution in [3.05, 3.63) is 47.0 Å². The number of likely N-dealkylation sites (N-methyl/N-ethyl adjacent to an activating group) is 1. The molecule has 0 fully saturated rings. The molecule has 0 aromatic heterocycles. The van der Waals surface area contributed by atoms with Crippen LogP contribution in [0.1, 0.15) is 22.7 Å². The molecule has 5 nitrogen and oxygen atoms in total. The number of methoxy groups -OCH3 is 1. The molecule has 2 aromatic carbocycles. The first-order chi connectivity index (χ1) is 11.7. The molecule has 0 aliphatic carbocycles. The maximum atomic E-state index is 9.79. The van der Waals surface area contributed by atoms with E-state index in [2.05, 4.69) is 24.1 Å². The molecule has 4 rings (SSSR count). The fraction of sp³-hybridized carbons (Fsp3) is 0.368. The highest BCUT2D eigenvalue weighted by Crippen LogP contribution is 2.41. The average Bonchev–Trinajstić information content (AvgIpc) is 3.04. The zero-order valence-electron chi connectivity index (χ0n) is 13.9. The maximum absolute atomic E-state index is 9.79. The molecule has 1 unspecified atom stereocenters. The summed E-state index contributed by atoms with van der Waals surface area (Å²) < 4.78 is 16.3. The highest BCUT2D eigenvalue weighted by atomic mass is 16.7. The summed E-state index contributed by atoms with van der Waals surface area (Å²) in [5.74, 6) is 2.36. The number of nitrogens with zero attached hydrogens (tertiary/aromatic N) is 1. The summed E-state index contributed by atoms with van der Waals surface area (Å²) in [6, 6.07) is 10.1. The highest BCUT2D eigenvalue weighted by Gasteiger charge is 2.28. The van der Waals surface area contributed by atoms with Gasteiger partial charge in [-0.15, -0.1) is 0 Å². The van der Waals surface area contributed by atoms with Gasteiger partial charge >= 0.3 is 0 Å². The van der Waals surface area contributed by atoms with Crippen molar-refractivity contribution in [1.29, 1.82) is 0 Å². The summed E-state index contributed by atoms with van der Waals surface area (Å²) in [6.45, 7) is 1.31. The molecule has 0 saturated carbocycles. The van der Waals surface area contributed by atoms with Gasteiger partial charge in [0.1, 0.15) is 0 Å². The first-order valence-electron chi connectivity index (χ1n) is 8.14. The van der Waals surface area contributed by atoms with E-state index in [1.165, 1.54) is 11.1 Å². The lowest BCUT2D eigenvalue weighted by molar-refractivity contribution is 0.174. The van der Waals surface area contributed by atoms with Crippen molar-refractivity contribution in [2.24, 2.45) is 0 Å². The van der Waals surface area contributed by atoms with Crippen molar-refractivity contribution < 1.29 is 19.3 Å². The zero-order chi connectivity index (χ0) is 16.7. The monoisotopic (exact) mass is 327 g/mol. The van der Waals surface area contributed by atoms with Gasteiger partial charge in [-0.2, -0.15) is 0 Å². The first-order valence-corrected chi connectivity index (χ1v) is 8.14. The maximum Gasteiger partial charge on any atom is 0.231 e. The van der Waals surface area contributed by atoms with Crippen LogP contribution in [0.25, 0.3) is 0 Å². The van der Waals surface area contributed by atoms with E-state index in [0.29, 0.717) is 12.5 Å². The molecule has 2 aliphatic heterocycles. The third kappa shape index (κ3) is 2.55. The molecular weight excluding hydrogens is 306 g/mol. The fourth-order valence-corrected chi connectivity index (χ4v) is 3.55. The SMILES string of the molecule is COc1cc(CC2c3cc4c(cc3CCN2C)OCO4)ccc1O. The van der Waals surface area contributed by atoms with E-state index in [-0.39, 0.29) is 11.8 Å². The quantitative estimate of drug-likeness (QED) is 0.939. The zero-order valence-corrected chi connectivity index (χ0v) is 13.9. The third-order valence-corrected chi connectivity index (χ3v) is 4.93. The van der Waals surface area contributed by atoms with Crippen molar-refractivity contribution >= 4 is 0 Å². The molecule has 24 heavy (non-hydrogen) atoms. The Balaban J connectivity index is 1.68. The van der Waals surface area contributed by atoms with E-state index < -0.39 is 0 Å². The molecule has 2 heterocycles. The molecule has 126 valence electrons. The van der Waals surface area contributed by atoms with E-state index in [4.69, 9.17) is 14.2 Å². The number of aromatic hydroxyl groups is 1. The summed E-state index contributed by atoms with van der Waals surface area (Å²) >= 11 is 0. The minimum absolute atomic E-state index is 0.169. The van der Waals surface area contributed by atoms with E-state index in [1.54, 1.807) is 13.2 Å². The molecule has 1 atom stereocenters. The van der Waals surface area contributed by atoms with Crippen molar-refractivity contribution in [3.63, 3.8) is 0 Å². The van der Waals surface area contributed by atoms with Crippen LogP contribution >= 0.6 is 0 Å². The van der Waals surface area contributed by atoms with Gasteiger partial charge in [-0.05, 0) is 60.8 Å². The molecule has 5 heteroatoms. The Morgan fingerprint density at radius 2 is 2.00 bits per heavy atom. The van der Waals surface area contributed by atoms with E-state index in [0.717, 1.165) is 36.4 Å². The summed E-state index contributed by atoms with van der Waals surface area (Å²) in [5, 5.41) is 9.79. The van der Waals surface area contributed by atoms with Crippen LogP contribution in [-0.4, -0.2) is 37.5 Å². The van der Waals surface area contributed by atoms with Gasteiger partial charge < -0.3 is 19.3 Å². The molecule has 1 N–H and O–H groups in total. The van der Waals surface area contributed by atoms with Gasteiger partial charge in [0.05, 0.1) is 7.11 Å². The smallest absolute Gasteiger partial charge is 0.231 e. The molecule has 2 aromatic rings. The summed E-state index contributed by atoms with van der Waals surface area (Å²) in [4.78, 5) is 2.36. The molecule has 0 spiro atoms. The minimum atomic E-state index is 0.169. The van der Waals surface area contributed by atoms with Gasteiger partial charge in [-0.1, -0.05) is 6.07 Å². The number of rotatable bonds is 3. The van der Waals surface area contributed by atoms with Gasteiger partial charge in [-0.25, -0.2) is 0 Å². The van der Waals surface area contributed by atoms with Crippen LogP contribution in [0.2, 0.25) is 0 Å². The van der Waals surface area contributed by atoms with Crippen molar-refractivity contribution in [3.8, 4) is 23.0 Å². The Labute approximate surface area is 141 Å². The normalized spacial score (nSPS) is 19.2. The van der Waals surface area contributed by atoms with Crippen LogP contribution in [0.3, 0.4) is 0 Å². The molecule has 2 aliphatic rings. The van der Waals surface area contributed by atoms with Crippen LogP contribution in [0.5, 0.6) is 23.0 Å². The topological polar surface area (TPSA) is 51.2 Å². The number of phenolic OH excluding ortho intramolecular Hbond substituents is 1. The number of hydrogen-bond acceptors (Lipinski definition) is 5. The summed E-state index contributed by atoms with van der Waals surface area (Å²) in [5.41, 5.74) is 3.75. The second-order valence-electron chi connectivity index (χ2n) is 6.36. The Bertz CT molecular complexity index is 774. The number of phenols is 1. The number of fused-ring (bicyclic) bond motifs is 2. The van der Waals surface area contributed by atoms with Crippen LogP contribution in [0, 0.1) is 0 Å². The Morgan fingerprint density at radius 3 is 2.79 bits per heavy atom. The molecule has 0 amide bonds. The predicted molar refractivity (Wildman–Crippen MR) is 90.0 cm³/mol. The number of hydrogen-bond donors (Lipinski definition) is 1. The lowest BCUT2D eigenvalue weighted by Crippen LogP contribution is -2.33. The average molecular weight is 327 g/mol. The highest BCUT2D eigenvalue weighted by molar-refractivity contribution is 5.51. The van der Waals surface area contributed by atoms with Gasteiger partial charge in [0.25, 0.3) is 0 Å². The van der Waals surface area contributed by atoms with Crippen molar-refractivity contribution in [1.82, 2.24) is 4.90 Å². The largest absolute Gasteiger partial charge is 0.504 e. The molecule has 0 radical (unpaired) electrons. The van der Waals surface area contributed by atoms with E-state index >= 15 is 0 Å². The standard InChI is InChI=1S/C19H21NO4/c1-20-6-5-13-9-18-19(24-11-23-18)10-14(13)15(20)7-12-3-4-16(21)17(8-12)22-2/h3-4,8-10,15,21H,5-7,11H2,1-2H3. The number of benzene rings is 2. The first kappa shape index (κ1) is 15.1. The molecule has 0 saturated heterocycles. The lowest BCUT2D eigenvalue weighted by Gasteiger charge is -2.35. The summed E-state index contributed by atoms with van der Waals surface area (Å²) in [7, 11) is 3.72. The van der Waals surface area contributed by atoms with Crippen molar-refractivity contribution in [2.45, 2.75) is 18.9 Å². The second-order valence-corrected chi connectivity index (χ2v) is 6.36. The van der Waals surface area contributed by atoms with E-state index in [1.807, 2.05) is 12.1 Å². The predicted octanol–water partition coefficient (Wildman–Crippen LogP) is 2.90. The Morgan fingerprint density at radius 1 is 1.21 bits per heavy atom. The van der Waals surface area contributed by atoms with Crippen LogP contribution in [0.4, 0.5) is 0 Å². The van der Waals surface area contributed by atoms with Crippen molar-refractivity contribution in [2.75, 3.05) is 27.5 Å². The Hall–Kier alpha value is -2.40. The van der Waals surface area contributed by atoms with Crippen LogP contribution < -0.4 is 14.2 Å². The molecule has 0 bridgehead atoms. The van der Waals surface area contributed by atoms with Gasteiger partial charge in [0.15, 0.2) is 23.0 Å². The van der Waals surface area contributed by atoms with Crippen LogP contribution in [-0.2, 0) is 12.8 Å². The van der Waals surface area contributed by atoms with Gasteiger partial charge in [0.2, 0.25) is 6.79 Å². The van der Waals surface area contributed by atoms with Gasteiger partial charge in [0, 0.05) is 12.6 Å². The summed E-state index contributed by atoms with van der Waals surface area (Å²) in [6.07, 6.45) is 1.86. The van der Waals surface area contributed by atoms with Gasteiger partial charge in [-0.3, -0.25) is 4.90 Å². The van der Waals surface area contributed by atoms with Crippen LogP contribution in [0.15, 0.2) is 30.3 Å². The van der Waals surface area contributed by atoms with E-state index in [9.17, 15) is 5.11 Å². The second kappa shape index (κ2) is 5.91. The lowest BCUT2D eigenvalue weighted by atomic mass is 9.88. The molecular formula is C19H21NO4. The third-order valence-electron chi connectivity index (χ3n) is 4.93. The Kier molecular flexibility index (Phi) is 3.73. The number of ether oxygens (including phenoxy) is 3.